The highest BCUT2D eigenvalue weighted by Gasteiger charge is 2.22. The van der Waals surface area contributed by atoms with Crippen LogP contribution in [-0.2, 0) is 11.2 Å². The predicted octanol–water partition coefficient (Wildman–Crippen LogP) is 3.02. The van der Waals surface area contributed by atoms with Gasteiger partial charge in [-0.05, 0) is 36.8 Å². The van der Waals surface area contributed by atoms with Gasteiger partial charge in [0.05, 0.1) is 0 Å². The van der Waals surface area contributed by atoms with Crippen molar-refractivity contribution in [1.82, 2.24) is 5.32 Å². The monoisotopic (exact) mass is 261 g/mol. The molecule has 2 unspecified atom stereocenters. The number of para-hydroxylation sites is 1. The molecule has 1 saturated carbocycles. The quantitative estimate of drug-likeness (QED) is 0.875. The minimum atomic E-state index is 0.0991. The van der Waals surface area contributed by atoms with Crippen molar-refractivity contribution in [3.63, 3.8) is 0 Å². The smallest absolute Gasteiger partial charge is 0.220 e. The minimum Gasteiger partial charge on any atom is -0.508 e. The molecule has 1 aliphatic carbocycles. The molecule has 3 heteroatoms. The molecule has 0 aromatic heterocycles. The van der Waals surface area contributed by atoms with Crippen molar-refractivity contribution in [2.24, 2.45) is 5.92 Å². The Hall–Kier alpha value is -1.51. The Morgan fingerprint density at radius 3 is 2.79 bits per heavy atom. The standard InChI is InChI=1S/C16H23NO2/c1-12-6-2-4-8-14(12)17-16(19)11-10-13-7-3-5-9-15(13)18/h3,5,7,9,12,14,18H,2,4,6,8,10-11H2,1H3,(H,17,19). The fourth-order valence-corrected chi connectivity index (χ4v) is 2.78. The number of aromatic hydroxyl groups is 1. The second-order valence-corrected chi connectivity index (χ2v) is 5.56. The van der Waals surface area contributed by atoms with E-state index in [0.717, 1.165) is 12.0 Å². The summed E-state index contributed by atoms with van der Waals surface area (Å²) >= 11 is 0. The Kier molecular flexibility index (Phi) is 4.83. The van der Waals surface area contributed by atoms with E-state index < -0.39 is 0 Å². The highest BCUT2D eigenvalue weighted by molar-refractivity contribution is 5.76. The molecule has 3 nitrogen and oxygen atoms in total. The van der Waals surface area contributed by atoms with Crippen LogP contribution in [0.5, 0.6) is 5.75 Å². The van der Waals surface area contributed by atoms with Crippen molar-refractivity contribution in [3.8, 4) is 5.75 Å². The zero-order valence-corrected chi connectivity index (χ0v) is 11.6. The lowest BCUT2D eigenvalue weighted by atomic mass is 9.86. The normalized spacial score (nSPS) is 23.0. The van der Waals surface area contributed by atoms with Gasteiger partial charge in [0.1, 0.15) is 5.75 Å². The molecule has 1 aromatic rings. The summed E-state index contributed by atoms with van der Waals surface area (Å²) in [4.78, 5) is 11.9. The first-order chi connectivity index (χ1) is 9.16. The average molecular weight is 261 g/mol. The van der Waals surface area contributed by atoms with Gasteiger partial charge in [-0.3, -0.25) is 4.79 Å². The van der Waals surface area contributed by atoms with E-state index in [1.165, 1.54) is 19.3 Å². The van der Waals surface area contributed by atoms with Crippen LogP contribution in [0.3, 0.4) is 0 Å². The van der Waals surface area contributed by atoms with Crippen LogP contribution in [0.25, 0.3) is 0 Å². The van der Waals surface area contributed by atoms with E-state index in [-0.39, 0.29) is 11.7 Å². The van der Waals surface area contributed by atoms with Crippen LogP contribution in [0.4, 0.5) is 0 Å². The van der Waals surface area contributed by atoms with E-state index in [1.807, 2.05) is 12.1 Å². The second-order valence-electron chi connectivity index (χ2n) is 5.56. The first-order valence-electron chi connectivity index (χ1n) is 7.23. The molecule has 0 heterocycles. The lowest BCUT2D eigenvalue weighted by Crippen LogP contribution is -2.41. The zero-order chi connectivity index (χ0) is 13.7. The molecule has 0 spiro atoms. The van der Waals surface area contributed by atoms with Crippen LogP contribution < -0.4 is 5.32 Å². The molecule has 0 aliphatic heterocycles. The molecular weight excluding hydrogens is 238 g/mol. The maximum atomic E-state index is 11.9. The third-order valence-electron chi connectivity index (χ3n) is 4.07. The lowest BCUT2D eigenvalue weighted by molar-refractivity contribution is -0.122. The molecule has 1 amide bonds. The third kappa shape index (κ3) is 3.98. The Bertz CT molecular complexity index is 431. The number of rotatable bonds is 4. The SMILES string of the molecule is CC1CCCCC1NC(=O)CCc1ccccc1O. The third-order valence-corrected chi connectivity index (χ3v) is 4.07. The molecule has 2 atom stereocenters. The van der Waals surface area contributed by atoms with E-state index in [1.54, 1.807) is 12.1 Å². The van der Waals surface area contributed by atoms with E-state index in [4.69, 9.17) is 0 Å². The van der Waals surface area contributed by atoms with Crippen LogP contribution in [0.1, 0.15) is 44.6 Å². The van der Waals surface area contributed by atoms with Crippen molar-refractivity contribution in [1.29, 1.82) is 0 Å². The van der Waals surface area contributed by atoms with Gasteiger partial charge in [-0.25, -0.2) is 0 Å². The number of amides is 1. The van der Waals surface area contributed by atoms with Crippen LogP contribution >= 0.6 is 0 Å². The summed E-state index contributed by atoms with van der Waals surface area (Å²) in [6.45, 7) is 2.22. The van der Waals surface area contributed by atoms with Gasteiger partial charge in [-0.1, -0.05) is 38.0 Å². The number of carbonyl (C=O) groups is 1. The maximum Gasteiger partial charge on any atom is 0.220 e. The Labute approximate surface area is 115 Å². The van der Waals surface area contributed by atoms with Crippen molar-refractivity contribution >= 4 is 5.91 Å². The number of hydrogen-bond donors (Lipinski definition) is 2. The molecule has 2 N–H and O–H groups in total. The first kappa shape index (κ1) is 13.9. The van der Waals surface area contributed by atoms with Crippen molar-refractivity contribution < 1.29 is 9.90 Å². The lowest BCUT2D eigenvalue weighted by Gasteiger charge is -2.29. The molecule has 0 saturated heterocycles. The predicted molar refractivity (Wildman–Crippen MR) is 76.0 cm³/mol. The number of phenols is 1. The van der Waals surface area contributed by atoms with Crippen molar-refractivity contribution in [2.45, 2.75) is 51.5 Å². The molecular formula is C16H23NO2. The second kappa shape index (κ2) is 6.60. The van der Waals surface area contributed by atoms with E-state index in [9.17, 15) is 9.90 Å². The summed E-state index contributed by atoms with van der Waals surface area (Å²) in [5, 5.41) is 12.8. The Morgan fingerprint density at radius 2 is 2.05 bits per heavy atom. The Morgan fingerprint density at radius 1 is 1.32 bits per heavy atom. The Balaban J connectivity index is 1.80. The largest absolute Gasteiger partial charge is 0.508 e. The summed E-state index contributed by atoms with van der Waals surface area (Å²) in [6.07, 6.45) is 5.86. The van der Waals surface area contributed by atoms with Crippen LogP contribution in [0.15, 0.2) is 24.3 Å². The summed E-state index contributed by atoms with van der Waals surface area (Å²) in [7, 11) is 0. The highest BCUT2D eigenvalue weighted by Crippen LogP contribution is 2.24. The van der Waals surface area contributed by atoms with Crippen LogP contribution in [0, 0.1) is 5.92 Å². The van der Waals surface area contributed by atoms with Gasteiger partial charge < -0.3 is 10.4 Å². The van der Waals surface area contributed by atoms with Crippen LogP contribution in [-0.4, -0.2) is 17.1 Å². The van der Waals surface area contributed by atoms with Gasteiger partial charge in [0.15, 0.2) is 0 Å². The molecule has 1 fully saturated rings. The van der Waals surface area contributed by atoms with E-state index >= 15 is 0 Å². The van der Waals surface area contributed by atoms with E-state index in [2.05, 4.69) is 12.2 Å². The summed E-state index contributed by atoms with van der Waals surface area (Å²) in [5.41, 5.74) is 0.842. The van der Waals surface area contributed by atoms with Gasteiger partial charge in [0, 0.05) is 12.5 Å². The topological polar surface area (TPSA) is 49.3 Å². The number of carbonyl (C=O) groups excluding carboxylic acids is 1. The number of benzene rings is 1. The fraction of sp³-hybridized carbons (Fsp3) is 0.562. The van der Waals surface area contributed by atoms with Crippen LogP contribution in [0.2, 0.25) is 0 Å². The summed E-state index contributed by atoms with van der Waals surface area (Å²) in [6, 6.07) is 7.55. The minimum absolute atomic E-state index is 0.0991. The molecule has 0 bridgehead atoms. The molecule has 2 rings (SSSR count). The van der Waals surface area contributed by atoms with Crippen molar-refractivity contribution in [3.05, 3.63) is 29.8 Å². The van der Waals surface area contributed by atoms with Gasteiger partial charge >= 0.3 is 0 Å². The van der Waals surface area contributed by atoms with Gasteiger partial charge in [0.25, 0.3) is 0 Å². The van der Waals surface area contributed by atoms with Gasteiger partial charge in [0.2, 0.25) is 5.91 Å². The summed E-state index contributed by atoms with van der Waals surface area (Å²) in [5.74, 6) is 0.964. The number of hydrogen-bond acceptors (Lipinski definition) is 2. The highest BCUT2D eigenvalue weighted by atomic mass is 16.3. The molecule has 19 heavy (non-hydrogen) atoms. The van der Waals surface area contributed by atoms with Gasteiger partial charge in [-0.2, -0.15) is 0 Å². The first-order valence-corrected chi connectivity index (χ1v) is 7.23. The van der Waals surface area contributed by atoms with Gasteiger partial charge in [-0.15, -0.1) is 0 Å². The molecule has 1 aromatic carbocycles. The molecule has 104 valence electrons. The number of phenolic OH excluding ortho intramolecular Hbond substituents is 1. The maximum absolute atomic E-state index is 11.9. The average Bonchev–Trinajstić information content (AvgIpc) is 2.40. The molecule has 1 aliphatic rings. The molecule has 0 radical (unpaired) electrons. The van der Waals surface area contributed by atoms with E-state index in [0.29, 0.717) is 24.8 Å². The fourth-order valence-electron chi connectivity index (χ4n) is 2.78. The summed E-state index contributed by atoms with van der Waals surface area (Å²) < 4.78 is 0. The number of aryl methyl sites for hydroxylation is 1. The van der Waals surface area contributed by atoms with Crippen molar-refractivity contribution in [2.75, 3.05) is 0 Å². The zero-order valence-electron chi connectivity index (χ0n) is 11.6. The number of nitrogens with one attached hydrogen (secondary N) is 1.